The van der Waals surface area contributed by atoms with Gasteiger partial charge in [0.2, 0.25) is 0 Å². The largest absolute Gasteiger partial charge is 0.496 e. The summed E-state index contributed by atoms with van der Waals surface area (Å²) < 4.78 is 18.4. The van der Waals surface area contributed by atoms with Crippen molar-refractivity contribution in [3.05, 3.63) is 75.1 Å². The van der Waals surface area contributed by atoms with Gasteiger partial charge < -0.3 is 15.4 Å². The predicted octanol–water partition coefficient (Wildman–Crippen LogP) is 4.34. The Morgan fingerprint density at radius 2 is 1.93 bits per heavy atom. The van der Waals surface area contributed by atoms with Crippen LogP contribution in [0, 0.1) is 5.82 Å². The molecule has 0 unspecified atom stereocenters. The molecule has 0 fully saturated rings. The van der Waals surface area contributed by atoms with Gasteiger partial charge in [0.05, 0.1) is 17.9 Å². The quantitative estimate of drug-likeness (QED) is 0.755. The molecule has 2 amide bonds. The number of benzene rings is 2. The maximum absolute atomic E-state index is 13.0. The number of carbonyl (C=O) groups excluding carboxylic acids is 2. The van der Waals surface area contributed by atoms with E-state index in [0.717, 1.165) is 5.56 Å². The van der Waals surface area contributed by atoms with Gasteiger partial charge in [0.1, 0.15) is 16.5 Å². The first-order chi connectivity index (χ1) is 13.4. The standard InChI is InChI=1S/C20H18ClFN2O3S/c1-12-18(28-9-8-27-12)20(26)24-17-10-14(21)4-7-16(17)19(25)23-11-13-2-5-15(22)6-3-13/h2-7,10H,8-9,11H2,1H3,(H,23,25)(H,24,26). The van der Waals surface area contributed by atoms with Gasteiger partial charge in [-0.15, -0.1) is 11.8 Å². The molecule has 0 spiro atoms. The van der Waals surface area contributed by atoms with Crippen LogP contribution in [0.2, 0.25) is 5.02 Å². The zero-order chi connectivity index (χ0) is 20.1. The van der Waals surface area contributed by atoms with Crippen molar-refractivity contribution in [3.63, 3.8) is 0 Å². The molecule has 0 radical (unpaired) electrons. The number of hydrogen-bond donors (Lipinski definition) is 2. The van der Waals surface area contributed by atoms with Gasteiger partial charge in [0.25, 0.3) is 11.8 Å². The van der Waals surface area contributed by atoms with Crippen LogP contribution in [0.4, 0.5) is 10.1 Å². The van der Waals surface area contributed by atoms with Crippen molar-refractivity contribution < 1.29 is 18.7 Å². The van der Waals surface area contributed by atoms with Crippen LogP contribution in [0.15, 0.2) is 53.1 Å². The number of thioether (sulfide) groups is 1. The van der Waals surface area contributed by atoms with Gasteiger partial charge in [-0.1, -0.05) is 23.7 Å². The van der Waals surface area contributed by atoms with E-state index in [0.29, 0.717) is 33.7 Å². The van der Waals surface area contributed by atoms with E-state index in [-0.39, 0.29) is 29.7 Å². The third-order valence-electron chi connectivity index (χ3n) is 4.02. The highest BCUT2D eigenvalue weighted by atomic mass is 35.5. The fourth-order valence-corrected chi connectivity index (χ4v) is 3.60. The van der Waals surface area contributed by atoms with Crippen molar-refractivity contribution in [2.24, 2.45) is 0 Å². The Labute approximate surface area is 171 Å². The Kier molecular flexibility index (Phi) is 6.59. The summed E-state index contributed by atoms with van der Waals surface area (Å²) in [5.74, 6) is 0.164. The molecule has 28 heavy (non-hydrogen) atoms. The number of halogens is 2. The third kappa shape index (κ3) is 5.05. The lowest BCUT2D eigenvalue weighted by molar-refractivity contribution is -0.112. The number of allylic oxidation sites excluding steroid dienone is 1. The SMILES string of the molecule is CC1=C(C(=O)Nc2cc(Cl)ccc2C(=O)NCc2ccc(F)cc2)SCCO1. The molecular formula is C20H18ClFN2O3S. The monoisotopic (exact) mass is 420 g/mol. The smallest absolute Gasteiger partial charge is 0.265 e. The fraction of sp³-hybridized carbons (Fsp3) is 0.200. The third-order valence-corrected chi connectivity index (χ3v) is 5.38. The summed E-state index contributed by atoms with van der Waals surface area (Å²) in [6.45, 7) is 2.51. The molecule has 0 atom stereocenters. The molecule has 2 N–H and O–H groups in total. The first-order valence-corrected chi connectivity index (χ1v) is 9.90. The Bertz CT molecular complexity index is 932. The summed E-state index contributed by atoms with van der Waals surface area (Å²) in [6, 6.07) is 10.5. The first kappa shape index (κ1) is 20.2. The molecule has 0 bridgehead atoms. The van der Waals surface area contributed by atoms with Crippen LogP contribution >= 0.6 is 23.4 Å². The fourth-order valence-electron chi connectivity index (χ4n) is 2.61. The van der Waals surface area contributed by atoms with Crippen LogP contribution in [0.3, 0.4) is 0 Å². The number of ether oxygens (including phenoxy) is 1. The number of rotatable bonds is 5. The molecule has 1 aliphatic rings. The van der Waals surface area contributed by atoms with Gasteiger partial charge in [-0.25, -0.2) is 4.39 Å². The van der Waals surface area contributed by atoms with Crippen LogP contribution in [0.5, 0.6) is 0 Å². The zero-order valence-corrected chi connectivity index (χ0v) is 16.6. The Morgan fingerprint density at radius 1 is 1.18 bits per heavy atom. The number of hydrogen-bond acceptors (Lipinski definition) is 4. The lowest BCUT2D eigenvalue weighted by Gasteiger charge is -2.18. The molecule has 0 aliphatic carbocycles. The molecule has 0 aromatic heterocycles. The van der Waals surface area contributed by atoms with E-state index in [1.54, 1.807) is 31.2 Å². The molecule has 1 aliphatic heterocycles. The van der Waals surface area contributed by atoms with E-state index in [1.165, 1.54) is 30.0 Å². The summed E-state index contributed by atoms with van der Waals surface area (Å²) in [5, 5.41) is 5.90. The highest BCUT2D eigenvalue weighted by Gasteiger charge is 2.21. The lowest BCUT2D eigenvalue weighted by atomic mass is 10.1. The first-order valence-electron chi connectivity index (χ1n) is 8.54. The van der Waals surface area contributed by atoms with Crippen LogP contribution in [-0.4, -0.2) is 24.2 Å². The van der Waals surface area contributed by atoms with Crippen molar-refractivity contribution in [1.29, 1.82) is 0 Å². The molecule has 146 valence electrons. The second kappa shape index (κ2) is 9.12. The summed E-state index contributed by atoms with van der Waals surface area (Å²) in [7, 11) is 0. The van der Waals surface area contributed by atoms with E-state index in [1.807, 2.05) is 0 Å². The minimum Gasteiger partial charge on any atom is -0.496 e. The second-order valence-electron chi connectivity index (χ2n) is 6.04. The summed E-state index contributed by atoms with van der Waals surface area (Å²) in [5.41, 5.74) is 1.34. The van der Waals surface area contributed by atoms with E-state index >= 15 is 0 Å². The highest BCUT2D eigenvalue weighted by Crippen LogP contribution is 2.28. The van der Waals surface area contributed by atoms with Crippen LogP contribution < -0.4 is 10.6 Å². The minimum absolute atomic E-state index is 0.225. The van der Waals surface area contributed by atoms with Crippen molar-refractivity contribution >= 4 is 40.9 Å². The van der Waals surface area contributed by atoms with Gasteiger partial charge in [0.15, 0.2) is 0 Å². The van der Waals surface area contributed by atoms with Gasteiger partial charge in [-0.2, -0.15) is 0 Å². The van der Waals surface area contributed by atoms with Gasteiger partial charge in [-0.3, -0.25) is 9.59 Å². The Hall–Kier alpha value is -2.51. The van der Waals surface area contributed by atoms with Crippen LogP contribution in [0.1, 0.15) is 22.8 Å². The molecule has 0 saturated carbocycles. The van der Waals surface area contributed by atoms with Gasteiger partial charge >= 0.3 is 0 Å². The molecule has 0 saturated heterocycles. The molecule has 1 heterocycles. The second-order valence-corrected chi connectivity index (χ2v) is 7.58. The molecule has 8 heteroatoms. The maximum Gasteiger partial charge on any atom is 0.265 e. The van der Waals surface area contributed by atoms with E-state index in [9.17, 15) is 14.0 Å². The number of nitrogens with one attached hydrogen (secondary N) is 2. The van der Waals surface area contributed by atoms with Crippen molar-refractivity contribution in [2.45, 2.75) is 13.5 Å². The van der Waals surface area contributed by atoms with Crippen molar-refractivity contribution in [1.82, 2.24) is 5.32 Å². The van der Waals surface area contributed by atoms with Crippen LogP contribution in [-0.2, 0) is 16.1 Å². The molecule has 5 nitrogen and oxygen atoms in total. The normalized spacial score (nSPS) is 13.7. The zero-order valence-electron chi connectivity index (χ0n) is 15.1. The molecule has 2 aromatic carbocycles. The molecular weight excluding hydrogens is 403 g/mol. The molecule has 2 aromatic rings. The highest BCUT2D eigenvalue weighted by molar-refractivity contribution is 8.04. The number of carbonyl (C=O) groups is 2. The topological polar surface area (TPSA) is 67.4 Å². The number of anilines is 1. The number of amides is 2. The summed E-state index contributed by atoms with van der Waals surface area (Å²) >= 11 is 7.45. The van der Waals surface area contributed by atoms with E-state index < -0.39 is 0 Å². The van der Waals surface area contributed by atoms with Gasteiger partial charge in [-0.05, 0) is 42.8 Å². The van der Waals surface area contributed by atoms with E-state index in [4.69, 9.17) is 16.3 Å². The maximum atomic E-state index is 13.0. The van der Waals surface area contributed by atoms with E-state index in [2.05, 4.69) is 10.6 Å². The lowest BCUT2D eigenvalue weighted by Crippen LogP contribution is -2.25. The van der Waals surface area contributed by atoms with Gasteiger partial charge in [0, 0.05) is 17.3 Å². The summed E-state index contributed by atoms with van der Waals surface area (Å²) in [4.78, 5) is 25.7. The average Bonchev–Trinajstić information content (AvgIpc) is 2.67. The van der Waals surface area contributed by atoms with Crippen molar-refractivity contribution in [3.8, 4) is 0 Å². The predicted molar refractivity (Wildman–Crippen MR) is 109 cm³/mol. The minimum atomic E-state index is -0.380. The van der Waals surface area contributed by atoms with Crippen LogP contribution in [0.25, 0.3) is 0 Å². The Balaban J connectivity index is 1.75. The average molecular weight is 421 g/mol. The molecule has 3 rings (SSSR count). The summed E-state index contributed by atoms with van der Waals surface area (Å²) in [6.07, 6.45) is 0. The van der Waals surface area contributed by atoms with Crippen molar-refractivity contribution in [2.75, 3.05) is 17.7 Å². The Morgan fingerprint density at radius 3 is 2.64 bits per heavy atom.